The maximum absolute atomic E-state index is 12.2. The third-order valence-corrected chi connectivity index (χ3v) is 5.13. The van der Waals surface area contributed by atoms with Crippen molar-refractivity contribution in [2.24, 2.45) is 0 Å². The number of nitrogens with zero attached hydrogens (tertiary/aromatic N) is 1. The van der Waals surface area contributed by atoms with Crippen molar-refractivity contribution in [1.29, 1.82) is 0 Å². The zero-order valence-electron chi connectivity index (χ0n) is 13.8. The molecule has 0 aliphatic rings. The van der Waals surface area contributed by atoms with Crippen molar-refractivity contribution < 1.29 is 23.5 Å². The minimum atomic E-state index is -0.536. The molecule has 0 amide bonds. The number of hydrogen-bond donors (Lipinski definition) is 0. The van der Waals surface area contributed by atoms with Crippen LogP contribution in [0.15, 0.2) is 56.8 Å². The summed E-state index contributed by atoms with van der Waals surface area (Å²) in [5.41, 5.74) is 3.51. The van der Waals surface area contributed by atoms with E-state index in [4.69, 9.17) is 9.15 Å². The predicted octanol–water partition coefficient (Wildman–Crippen LogP) is 4.17. The lowest BCUT2D eigenvalue weighted by atomic mass is 10.2. The van der Waals surface area contributed by atoms with Gasteiger partial charge in [0.2, 0.25) is 0 Å². The Kier molecular flexibility index (Phi) is 6.08. The fourth-order valence-electron chi connectivity index (χ4n) is 2.11. The molecule has 0 bridgehead atoms. The molecule has 3 rings (SSSR count). The summed E-state index contributed by atoms with van der Waals surface area (Å²) in [6, 6.07) is 8.61. The molecule has 0 aliphatic carbocycles. The maximum Gasteiger partial charge on any atom is 0.341 e. The first kappa shape index (κ1) is 18.2. The number of methoxy groups -OCH3 is 1. The van der Waals surface area contributed by atoms with Crippen LogP contribution in [0, 0.1) is 0 Å². The molecule has 1 aromatic carbocycles. The fourth-order valence-corrected chi connectivity index (χ4v) is 3.58. The molecule has 0 saturated heterocycles. The summed E-state index contributed by atoms with van der Waals surface area (Å²) < 4.78 is 15.0. The second-order valence-electron chi connectivity index (χ2n) is 5.12. The monoisotopic (exact) mass is 389 g/mol. The van der Waals surface area contributed by atoms with Crippen LogP contribution in [0.25, 0.3) is 0 Å². The third kappa shape index (κ3) is 4.53. The first-order valence-corrected chi connectivity index (χ1v) is 9.52. The van der Waals surface area contributed by atoms with E-state index in [1.807, 2.05) is 17.5 Å². The highest BCUT2D eigenvalue weighted by Crippen LogP contribution is 2.23. The van der Waals surface area contributed by atoms with E-state index in [1.54, 1.807) is 40.7 Å². The molecule has 8 heteroatoms. The Morgan fingerprint density at radius 2 is 2.00 bits per heavy atom. The van der Waals surface area contributed by atoms with Crippen molar-refractivity contribution in [3.05, 3.63) is 70.1 Å². The molecule has 0 spiro atoms. The summed E-state index contributed by atoms with van der Waals surface area (Å²) in [5, 5.41) is 2.01. The van der Waals surface area contributed by atoms with Crippen molar-refractivity contribution >= 4 is 35.0 Å². The molecule has 2 aromatic heterocycles. The van der Waals surface area contributed by atoms with E-state index in [2.05, 4.69) is 9.72 Å². The molecule has 0 unspecified atom stereocenters. The Hall–Kier alpha value is -2.58. The third-order valence-electron chi connectivity index (χ3n) is 3.45. The van der Waals surface area contributed by atoms with Crippen LogP contribution in [0.1, 0.15) is 32.2 Å². The van der Waals surface area contributed by atoms with Crippen LogP contribution in [0.2, 0.25) is 0 Å². The first-order valence-electron chi connectivity index (χ1n) is 7.59. The molecule has 0 aliphatic heterocycles. The van der Waals surface area contributed by atoms with E-state index < -0.39 is 11.9 Å². The van der Waals surface area contributed by atoms with Crippen molar-refractivity contribution in [2.45, 2.75) is 17.3 Å². The summed E-state index contributed by atoms with van der Waals surface area (Å²) in [6.07, 6.45) is 1.35. The van der Waals surface area contributed by atoms with Gasteiger partial charge in [-0.1, -0.05) is 0 Å². The van der Waals surface area contributed by atoms with Crippen LogP contribution in [-0.2, 0) is 21.8 Å². The van der Waals surface area contributed by atoms with Crippen LogP contribution in [0.3, 0.4) is 0 Å². The van der Waals surface area contributed by atoms with Crippen LogP contribution in [-0.4, -0.2) is 24.0 Å². The second-order valence-corrected chi connectivity index (χ2v) is 6.89. The van der Waals surface area contributed by atoms with Gasteiger partial charge >= 0.3 is 11.9 Å². The number of carbonyl (C=O) groups excluding carboxylic acids is 2. The zero-order valence-corrected chi connectivity index (χ0v) is 15.5. The number of furan rings is 1. The molecule has 0 saturated carbocycles. The van der Waals surface area contributed by atoms with E-state index in [9.17, 15) is 9.59 Å². The minimum absolute atomic E-state index is 0.142. The highest BCUT2D eigenvalue weighted by Gasteiger charge is 2.17. The number of carbonyl (C=O) groups is 2. The van der Waals surface area contributed by atoms with Gasteiger partial charge in [0.15, 0.2) is 12.4 Å². The summed E-state index contributed by atoms with van der Waals surface area (Å²) in [4.78, 5) is 29.0. The standard InChI is InChI=1S/C18H15NO5S2/c1-22-18(21)15-6-7-23-16(15)8-24-17(20)12-2-4-14(5-3-12)26-10-13-9-25-11-19-13/h2-7,9,11H,8,10H2,1H3. The van der Waals surface area contributed by atoms with Crippen molar-refractivity contribution in [2.75, 3.05) is 7.11 Å². The summed E-state index contributed by atoms with van der Waals surface area (Å²) in [5.74, 6) is 0.00226. The van der Waals surface area contributed by atoms with E-state index in [-0.39, 0.29) is 17.9 Å². The molecule has 2 heterocycles. The summed E-state index contributed by atoms with van der Waals surface area (Å²) in [7, 11) is 1.28. The van der Waals surface area contributed by atoms with Crippen LogP contribution in [0.5, 0.6) is 0 Å². The van der Waals surface area contributed by atoms with Crippen molar-refractivity contribution in [1.82, 2.24) is 4.98 Å². The van der Waals surface area contributed by atoms with Crippen LogP contribution in [0.4, 0.5) is 0 Å². The van der Waals surface area contributed by atoms with Gasteiger partial charge in [-0.05, 0) is 30.3 Å². The van der Waals surface area contributed by atoms with Gasteiger partial charge in [-0.25, -0.2) is 14.6 Å². The maximum atomic E-state index is 12.2. The molecule has 0 fully saturated rings. The van der Waals surface area contributed by atoms with E-state index in [0.29, 0.717) is 5.56 Å². The molecule has 0 radical (unpaired) electrons. The molecule has 0 atom stereocenters. The van der Waals surface area contributed by atoms with E-state index in [1.165, 1.54) is 19.4 Å². The van der Waals surface area contributed by atoms with Gasteiger partial charge < -0.3 is 13.9 Å². The largest absolute Gasteiger partial charge is 0.465 e. The average Bonchev–Trinajstić information content (AvgIpc) is 3.36. The number of aromatic nitrogens is 1. The van der Waals surface area contributed by atoms with Gasteiger partial charge in [0.25, 0.3) is 0 Å². The number of esters is 2. The second kappa shape index (κ2) is 8.68. The average molecular weight is 389 g/mol. The van der Waals surface area contributed by atoms with E-state index in [0.717, 1.165) is 16.3 Å². The quantitative estimate of drug-likeness (QED) is 0.443. The smallest absolute Gasteiger partial charge is 0.341 e. The molecule has 26 heavy (non-hydrogen) atoms. The van der Waals surface area contributed by atoms with Gasteiger partial charge in [0, 0.05) is 16.0 Å². The number of thioether (sulfide) groups is 1. The Morgan fingerprint density at radius 3 is 2.69 bits per heavy atom. The van der Waals surface area contributed by atoms with Crippen molar-refractivity contribution in [3.8, 4) is 0 Å². The predicted molar refractivity (Wildman–Crippen MR) is 97.3 cm³/mol. The van der Waals surface area contributed by atoms with Gasteiger partial charge in [-0.2, -0.15) is 0 Å². The Morgan fingerprint density at radius 1 is 1.19 bits per heavy atom. The lowest BCUT2D eigenvalue weighted by molar-refractivity contribution is 0.0432. The molecule has 134 valence electrons. The Labute approximate surface area is 158 Å². The Balaban J connectivity index is 1.55. The Bertz CT molecular complexity index is 871. The van der Waals surface area contributed by atoms with Gasteiger partial charge in [-0.3, -0.25) is 0 Å². The molecule has 0 N–H and O–H groups in total. The zero-order chi connectivity index (χ0) is 18.4. The fraction of sp³-hybridized carbons (Fsp3) is 0.167. The lowest BCUT2D eigenvalue weighted by Gasteiger charge is -2.05. The highest BCUT2D eigenvalue weighted by atomic mass is 32.2. The van der Waals surface area contributed by atoms with Crippen LogP contribution < -0.4 is 0 Å². The van der Waals surface area contributed by atoms with Gasteiger partial charge in [0.05, 0.1) is 30.1 Å². The SMILES string of the molecule is COC(=O)c1ccoc1COC(=O)c1ccc(SCc2cscn2)cc1. The molecule has 6 nitrogen and oxygen atoms in total. The lowest BCUT2D eigenvalue weighted by Crippen LogP contribution is -2.08. The molecule has 3 aromatic rings. The number of rotatable bonds is 7. The van der Waals surface area contributed by atoms with Crippen LogP contribution >= 0.6 is 23.1 Å². The highest BCUT2D eigenvalue weighted by molar-refractivity contribution is 7.98. The first-order chi connectivity index (χ1) is 12.7. The van der Waals surface area contributed by atoms with Gasteiger partial charge in [-0.15, -0.1) is 23.1 Å². The van der Waals surface area contributed by atoms with Crippen molar-refractivity contribution in [3.63, 3.8) is 0 Å². The number of thiazole rings is 1. The normalized spacial score (nSPS) is 10.5. The van der Waals surface area contributed by atoms with E-state index >= 15 is 0 Å². The topological polar surface area (TPSA) is 78.6 Å². The summed E-state index contributed by atoms with van der Waals surface area (Å²) in [6.45, 7) is -0.142. The number of benzene rings is 1. The number of ether oxygens (including phenoxy) is 2. The van der Waals surface area contributed by atoms with Gasteiger partial charge in [0.1, 0.15) is 5.56 Å². The molecular formula is C18H15NO5S2. The number of hydrogen-bond acceptors (Lipinski definition) is 8. The molecular weight excluding hydrogens is 374 g/mol. The minimum Gasteiger partial charge on any atom is -0.465 e. The summed E-state index contributed by atoms with van der Waals surface area (Å²) >= 11 is 3.21.